The molecule has 0 unspecified atom stereocenters. The molecule has 4 rings (SSSR count). The average molecular weight is 577 g/mol. The predicted molar refractivity (Wildman–Crippen MR) is 140 cm³/mol. The van der Waals surface area contributed by atoms with Gasteiger partial charge in [-0.25, -0.2) is 9.69 Å². The zero-order valence-electron chi connectivity index (χ0n) is 19.0. The molecule has 0 saturated carbocycles. The molecule has 3 aromatic rings. The molecule has 0 radical (unpaired) electrons. The monoisotopic (exact) mass is 577 g/mol. The molecular weight excluding hydrogens is 557 g/mol. The lowest BCUT2D eigenvalue weighted by molar-refractivity contribution is -0.122. The molecule has 1 fully saturated rings. The molecule has 0 bridgehead atoms. The van der Waals surface area contributed by atoms with Gasteiger partial charge in [0.25, 0.3) is 11.8 Å². The molecule has 174 valence electrons. The van der Waals surface area contributed by atoms with E-state index in [-0.39, 0.29) is 12.2 Å². The van der Waals surface area contributed by atoms with Gasteiger partial charge in [0.2, 0.25) is 0 Å². The van der Waals surface area contributed by atoms with Crippen LogP contribution in [0.15, 0.2) is 66.2 Å². The molecule has 0 atom stereocenters. The predicted octanol–water partition coefficient (Wildman–Crippen LogP) is 5.03. The second-order valence-corrected chi connectivity index (χ2v) is 9.21. The van der Waals surface area contributed by atoms with Crippen molar-refractivity contribution in [3.63, 3.8) is 0 Å². The quantitative estimate of drug-likeness (QED) is 0.261. The lowest BCUT2D eigenvalue weighted by Gasteiger charge is -2.27. The molecule has 1 aliphatic rings. The maximum Gasteiger partial charge on any atom is 0.335 e. The van der Waals surface area contributed by atoms with Gasteiger partial charge in [-0.2, -0.15) is 5.26 Å². The number of nitrogens with one attached hydrogen (secondary N) is 1. The van der Waals surface area contributed by atoms with Gasteiger partial charge < -0.3 is 4.74 Å². The first-order valence-electron chi connectivity index (χ1n) is 10.7. The summed E-state index contributed by atoms with van der Waals surface area (Å²) in [5.74, 6) is -0.830. The molecule has 0 spiro atoms. The Morgan fingerprint density at radius 3 is 2.43 bits per heavy atom. The van der Waals surface area contributed by atoms with Crippen molar-refractivity contribution < 1.29 is 19.1 Å². The Labute approximate surface area is 216 Å². The smallest absolute Gasteiger partial charge is 0.335 e. The van der Waals surface area contributed by atoms with E-state index in [1.807, 2.05) is 32.0 Å². The minimum Gasteiger partial charge on any atom is -0.488 e. The van der Waals surface area contributed by atoms with Crippen LogP contribution in [0.2, 0.25) is 0 Å². The first-order valence-corrected chi connectivity index (χ1v) is 11.7. The van der Waals surface area contributed by atoms with E-state index in [1.54, 1.807) is 42.5 Å². The van der Waals surface area contributed by atoms with Crippen molar-refractivity contribution in [2.75, 3.05) is 4.90 Å². The Bertz CT molecular complexity index is 1420. The first-order chi connectivity index (χ1) is 16.8. The van der Waals surface area contributed by atoms with Gasteiger partial charge in [-0.1, -0.05) is 30.3 Å². The SMILES string of the molecule is Cc1cc(C)cc(N2C(=O)NC(=O)/C(=C\c3ccc(OCc4ccccc4C#N)c(I)c3)C2=O)c1. The van der Waals surface area contributed by atoms with E-state index in [0.29, 0.717) is 22.6 Å². The van der Waals surface area contributed by atoms with Crippen LogP contribution in [0, 0.1) is 28.7 Å². The number of amides is 4. The largest absolute Gasteiger partial charge is 0.488 e. The van der Waals surface area contributed by atoms with Crippen molar-refractivity contribution in [1.29, 1.82) is 5.26 Å². The van der Waals surface area contributed by atoms with E-state index in [9.17, 15) is 19.6 Å². The summed E-state index contributed by atoms with van der Waals surface area (Å²) in [4.78, 5) is 39.1. The van der Waals surface area contributed by atoms with Crippen LogP contribution in [0.3, 0.4) is 0 Å². The lowest BCUT2D eigenvalue weighted by atomic mass is 10.1. The number of benzene rings is 3. The van der Waals surface area contributed by atoms with E-state index in [0.717, 1.165) is 25.2 Å². The number of anilines is 1. The summed E-state index contributed by atoms with van der Waals surface area (Å²) in [5, 5.41) is 11.5. The van der Waals surface area contributed by atoms with Gasteiger partial charge in [-0.15, -0.1) is 0 Å². The van der Waals surface area contributed by atoms with Gasteiger partial charge in [0.1, 0.15) is 17.9 Å². The zero-order chi connectivity index (χ0) is 25.1. The van der Waals surface area contributed by atoms with Crippen LogP contribution in [0.1, 0.15) is 27.8 Å². The Kier molecular flexibility index (Phi) is 6.98. The van der Waals surface area contributed by atoms with Crippen molar-refractivity contribution in [3.05, 3.63) is 97.6 Å². The van der Waals surface area contributed by atoms with Crippen molar-refractivity contribution in [3.8, 4) is 11.8 Å². The summed E-state index contributed by atoms with van der Waals surface area (Å²) in [6.07, 6.45) is 1.46. The molecule has 1 N–H and O–H groups in total. The molecule has 0 aromatic heterocycles. The Morgan fingerprint density at radius 1 is 1.03 bits per heavy atom. The number of ether oxygens (including phenoxy) is 1. The number of halogens is 1. The maximum absolute atomic E-state index is 13.2. The van der Waals surface area contributed by atoms with Crippen LogP contribution in [0.5, 0.6) is 5.75 Å². The van der Waals surface area contributed by atoms with Gasteiger partial charge >= 0.3 is 6.03 Å². The van der Waals surface area contributed by atoms with Crippen LogP contribution >= 0.6 is 22.6 Å². The number of rotatable bonds is 5. The normalized spacial score (nSPS) is 14.6. The Hall–Kier alpha value is -3.97. The van der Waals surface area contributed by atoms with E-state index in [4.69, 9.17) is 4.74 Å². The van der Waals surface area contributed by atoms with Crippen LogP contribution < -0.4 is 15.0 Å². The number of carbonyl (C=O) groups excluding carboxylic acids is 3. The number of aryl methyl sites for hydroxylation is 2. The molecule has 8 heteroatoms. The highest BCUT2D eigenvalue weighted by Crippen LogP contribution is 2.27. The molecule has 1 saturated heterocycles. The van der Waals surface area contributed by atoms with E-state index < -0.39 is 17.8 Å². The van der Waals surface area contributed by atoms with Gasteiger partial charge in [0.15, 0.2) is 0 Å². The van der Waals surface area contributed by atoms with Gasteiger partial charge in [-0.3, -0.25) is 14.9 Å². The highest BCUT2D eigenvalue weighted by molar-refractivity contribution is 14.1. The highest BCUT2D eigenvalue weighted by atomic mass is 127. The van der Waals surface area contributed by atoms with Crippen molar-refractivity contribution in [2.45, 2.75) is 20.5 Å². The Morgan fingerprint density at radius 2 is 1.74 bits per heavy atom. The molecule has 35 heavy (non-hydrogen) atoms. The molecule has 7 nitrogen and oxygen atoms in total. The van der Waals surface area contributed by atoms with Crippen LogP contribution in [0.4, 0.5) is 10.5 Å². The van der Waals surface area contributed by atoms with Gasteiger partial charge in [0, 0.05) is 5.56 Å². The van der Waals surface area contributed by atoms with Gasteiger partial charge in [-0.05, 0) is 89.5 Å². The molecule has 4 amide bonds. The number of nitrogens with zero attached hydrogens (tertiary/aromatic N) is 2. The second kappa shape index (κ2) is 10.1. The molecule has 1 heterocycles. The standard InChI is InChI=1S/C27H20IN3O4/c1-16-9-17(2)11-21(10-16)31-26(33)22(25(32)30-27(31)34)12-18-7-8-24(23(28)13-18)35-15-20-6-4-3-5-19(20)14-29/h3-13H,15H2,1-2H3,(H,30,32,34)/b22-12+. The molecule has 1 aliphatic heterocycles. The number of barbiturate groups is 1. The summed E-state index contributed by atoms with van der Waals surface area (Å²) >= 11 is 2.11. The average Bonchev–Trinajstić information content (AvgIpc) is 2.80. The fourth-order valence-corrected chi connectivity index (χ4v) is 4.47. The van der Waals surface area contributed by atoms with Crippen molar-refractivity contribution >= 4 is 52.2 Å². The highest BCUT2D eigenvalue weighted by Gasteiger charge is 2.37. The first kappa shape index (κ1) is 24.2. The minimum absolute atomic E-state index is 0.142. The molecule has 0 aliphatic carbocycles. The molecule has 3 aromatic carbocycles. The third-order valence-corrected chi connectivity index (χ3v) is 6.20. The summed E-state index contributed by atoms with van der Waals surface area (Å²) in [7, 11) is 0. The van der Waals surface area contributed by atoms with Crippen LogP contribution in [0.25, 0.3) is 6.08 Å². The summed E-state index contributed by atoms with van der Waals surface area (Å²) in [5.41, 5.74) is 3.98. The fraction of sp³-hybridized carbons (Fsp3) is 0.111. The number of hydrogen-bond acceptors (Lipinski definition) is 5. The molecular formula is C27H20IN3O4. The number of carbonyl (C=O) groups is 3. The zero-order valence-corrected chi connectivity index (χ0v) is 21.1. The number of nitriles is 1. The van der Waals surface area contributed by atoms with Gasteiger partial charge in [0.05, 0.1) is 20.9 Å². The number of urea groups is 1. The topological polar surface area (TPSA) is 99.5 Å². The third-order valence-electron chi connectivity index (χ3n) is 5.35. The van der Waals surface area contributed by atoms with Crippen LogP contribution in [-0.2, 0) is 16.2 Å². The van der Waals surface area contributed by atoms with Crippen molar-refractivity contribution in [2.24, 2.45) is 0 Å². The van der Waals surface area contributed by atoms with Crippen LogP contribution in [-0.4, -0.2) is 17.8 Å². The minimum atomic E-state index is -0.780. The van der Waals surface area contributed by atoms with E-state index >= 15 is 0 Å². The fourth-order valence-electron chi connectivity index (χ4n) is 3.77. The lowest BCUT2D eigenvalue weighted by Crippen LogP contribution is -2.54. The third kappa shape index (κ3) is 5.25. The number of hydrogen-bond donors (Lipinski definition) is 1. The van der Waals surface area contributed by atoms with Crippen molar-refractivity contribution in [1.82, 2.24) is 5.32 Å². The summed E-state index contributed by atoms with van der Waals surface area (Å²) in [6.45, 7) is 3.97. The maximum atomic E-state index is 13.2. The summed E-state index contributed by atoms with van der Waals surface area (Å²) < 4.78 is 6.65. The van der Waals surface area contributed by atoms with E-state index in [1.165, 1.54) is 6.08 Å². The number of imide groups is 2. The van der Waals surface area contributed by atoms with E-state index in [2.05, 4.69) is 34.0 Å². The Balaban J connectivity index is 1.59. The summed E-state index contributed by atoms with van der Waals surface area (Å²) in [6, 6.07) is 19.2. The second-order valence-electron chi connectivity index (χ2n) is 8.05.